The number of aromatic nitrogens is 1. The van der Waals surface area contributed by atoms with E-state index in [9.17, 15) is 23.1 Å². The Morgan fingerprint density at radius 3 is 2.54 bits per heavy atom. The molecule has 1 amide bonds. The average Bonchev–Trinajstić information content (AvgIpc) is 2.64. The topological polar surface area (TPSA) is 74.2 Å². The molecule has 0 fully saturated rings. The molecule has 1 heterocycles. The number of anilines is 3. The van der Waals surface area contributed by atoms with Crippen molar-refractivity contribution in [3.05, 3.63) is 77.1 Å². The standard InChI is InChI=1S/C19H13ClF3N3O2/c20-11-5-6-16(27)15(9-11)26-18(28)13-3-1-2-4-14(13)25-12-7-8-24-17(10-12)19(21,22)23/h1-10,27H,(H,24,25)(H,26,28). The Balaban J connectivity index is 1.87. The van der Waals surface area contributed by atoms with Gasteiger partial charge in [-0.3, -0.25) is 9.78 Å². The second kappa shape index (κ2) is 7.77. The van der Waals surface area contributed by atoms with Crippen LogP contribution < -0.4 is 10.6 Å². The molecule has 9 heteroatoms. The Hall–Kier alpha value is -3.26. The first kappa shape index (κ1) is 19.5. The van der Waals surface area contributed by atoms with E-state index in [4.69, 9.17) is 11.6 Å². The van der Waals surface area contributed by atoms with Crippen LogP contribution in [0.2, 0.25) is 5.02 Å². The van der Waals surface area contributed by atoms with E-state index in [1.165, 1.54) is 30.3 Å². The van der Waals surface area contributed by atoms with Crippen LogP contribution in [0.25, 0.3) is 0 Å². The number of phenols is 1. The highest BCUT2D eigenvalue weighted by atomic mass is 35.5. The number of carbonyl (C=O) groups excluding carboxylic acids is 1. The number of carbonyl (C=O) groups is 1. The molecule has 144 valence electrons. The summed E-state index contributed by atoms with van der Waals surface area (Å²) in [4.78, 5) is 15.9. The van der Waals surface area contributed by atoms with Crippen molar-refractivity contribution >= 4 is 34.6 Å². The summed E-state index contributed by atoms with van der Waals surface area (Å²) in [6.07, 6.45) is -3.56. The van der Waals surface area contributed by atoms with Crippen LogP contribution in [-0.4, -0.2) is 16.0 Å². The number of nitrogens with zero attached hydrogens (tertiary/aromatic N) is 1. The third-order valence-electron chi connectivity index (χ3n) is 3.71. The monoisotopic (exact) mass is 407 g/mol. The number of benzene rings is 2. The average molecular weight is 408 g/mol. The molecule has 0 aliphatic heterocycles. The number of phenolic OH excluding ortho intramolecular Hbond substituents is 1. The smallest absolute Gasteiger partial charge is 0.433 e. The van der Waals surface area contributed by atoms with Gasteiger partial charge in [-0.15, -0.1) is 0 Å². The Morgan fingerprint density at radius 1 is 1.04 bits per heavy atom. The van der Waals surface area contributed by atoms with Crippen molar-refractivity contribution in [1.82, 2.24) is 4.98 Å². The fourth-order valence-corrected chi connectivity index (χ4v) is 2.58. The highest BCUT2D eigenvalue weighted by molar-refractivity contribution is 6.31. The minimum atomic E-state index is -4.58. The van der Waals surface area contributed by atoms with Crippen molar-refractivity contribution in [3.8, 4) is 5.75 Å². The molecule has 0 aliphatic rings. The first-order valence-electron chi connectivity index (χ1n) is 7.93. The van der Waals surface area contributed by atoms with Crippen LogP contribution in [0.5, 0.6) is 5.75 Å². The molecule has 3 aromatic rings. The second-order valence-corrected chi connectivity index (χ2v) is 6.15. The molecule has 0 atom stereocenters. The number of pyridine rings is 1. The van der Waals surface area contributed by atoms with Crippen molar-refractivity contribution < 1.29 is 23.1 Å². The SMILES string of the molecule is O=C(Nc1cc(Cl)ccc1O)c1ccccc1Nc1ccnc(C(F)(F)F)c1. The second-order valence-electron chi connectivity index (χ2n) is 5.71. The van der Waals surface area contributed by atoms with Gasteiger partial charge in [0, 0.05) is 16.9 Å². The quantitative estimate of drug-likeness (QED) is 0.502. The zero-order chi connectivity index (χ0) is 20.3. The summed E-state index contributed by atoms with van der Waals surface area (Å²) in [7, 11) is 0. The lowest BCUT2D eigenvalue weighted by Gasteiger charge is -2.14. The first-order chi connectivity index (χ1) is 13.2. The summed E-state index contributed by atoms with van der Waals surface area (Å²) in [6, 6.07) is 12.6. The Bertz CT molecular complexity index is 1030. The van der Waals surface area contributed by atoms with Crippen molar-refractivity contribution in [2.75, 3.05) is 10.6 Å². The Labute approximate surface area is 162 Å². The van der Waals surface area contributed by atoms with E-state index in [1.54, 1.807) is 18.2 Å². The largest absolute Gasteiger partial charge is 0.506 e. The third-order valence-corrected chi connectivity index (χ3v) is 3.94. The van der Waals surface area contributed by atoms with E-state index in [-0.39, 0.29) is 28.4 Å². The van der Waals surface area contributed by atoms with Crippen molar-refractivity contribution in [2.24, 2.45) is 0 Å². The van der Waals surface area contributed by atoms with Gasteiger partial charge in [0.1, 0.15) is 11.4 Å². The zero-order valence-corrected chi connectivity index (χ0v) is 14.8. The maximum absolute atomic E-state index is 12.8. The number of halogens is 4. The first-order valence-corrected chi connectivity index (χ1v) is 8.31. The summed E-state index contributed by atoms with van der Waals surface area (Å²) >= 11 is 5.86. The fraction of sp³-hybridized carbons (Fsp3) is 0.0526. The van der Waals surface area contributed by atoms with Gasteiger partial charge in [0.25, 0.3) is 5.91 Å². The zero-order valence-electron chi connectivity index (χ0n) is 14.1. The minimum Gasteiger partial charge on any atom is -0.506 e. The number of alkyl halides is 3. The molecular formula is C19H13ClF3N3O2. The lowest BCUT2D eigenvalue weighted by molar-refractivity contribution is -0.141. The van der Waals surface area contributed by atoms with Crippen LogP contribution in [0.15, 0.2) is 60.8 Å². The van der Waals surface area contributed by atoms with Gasteiger partial charge in [-0.2, -0.15) is 13.2 Å². The predicted molar refractivity (Wildman–Crippen MR) is 100 cm³/mol. The Kier molecular flexibility index (Phi) is 5.41. The number of para-hydroxylation sites is 1. The van der Waals surface area contributed by atoms with E-state index in [0.717, 1.165) is 12.3 Å². The summed E-state index contributed by atoms with van der Waals surface area (Å²) in [5, 5.41) is 15.5. The van der Waals surface area contributed by atoms with Gasteiger partial charge in [0.15, 0.2) is 0 Å². The molecule has 3 rings (SSSR count). The van der Waals surface area contributed by atoms with Crippen molar-refractivity contribution in [1.29, 1.82) is 0 Å². The van der Waals surface area contributed by atoms with Gasteiger partial charge in [-0.25, -0.2) is 0 Å². The molecule has 3 N–H and O–H groups in total. The van der Waals surface area contributed by atoms with Gasteiger partial charge in [0.05, 0.1) is 16.9 Å². The molecule has 0 aliphatic carbocycles. The summed E-state index contributed by atoms with van der Waals surface area (Å²) in [5.74, 6) is -0.752. The molecular weight excluding hydrogens is 395 g/mol. The molecule has 0 bridgehead atoms. The Morgan fingerprint density at radius 2 is 1.79 bits per heavy atom. The van der Waals surface area contributed by atoms with Crippen LogP contribution >= 0.6 is 11.6 Å². The fourth-order valence-electron chi connectivity index (χ4n) is 2.41. The van der Waals surface area contributed by atoms with Gasteiger partial charge < -0.3 is 15.7 Å². The van der Waals surface area contributed by atoms with Crippen LogP contribution in [0, 0.1) is 0 Å². The molecule has 28 heavy (non-hydrogen) atoms. The molecule has 0 radical (unpaired) electrons. The van der Waals surface area contributed by atoms with Gasteiger partial charge >= 0.3 is 6.18 Å². The van der Waals surface area contributed by atoms with Crippen molar-refractivity contribution in [2.45, 2.75) is 6.18 Å². The number of amides is 1. The molecule has 0 saturated heterocycles. The van der Waals surface area contributed by atoms with Gasteiger partial charge in [-0.1, -0.05) is 23.7 Å². The number of hydrogen-bond donors (Lipinski definition) is 3. The highest BCUT2D eigenvalue weighted by Gasteiger charge is 2.32. The van der Waals surface area contributed by atoms with Gasteiger partial charge in [0.2, 0.25) is 0 Å². The number of hydrogen-bond acceptors (Lipinski definition) is 4. The van der Waals surface area contributed by atoms with E-state index in [1.807, 2.05) is 0 Å². The van der Waals surface area contributed by atoms with Crippen LogP contribution in [0.1, 0.15) is 16.1 Å². The molecule has 2 aromatic carbocycles. The molecule has 0 spiro atoms. The summed E-state index contributed by atoms with van der Waals surface area (Å²) in [6.45, 7) is 0. The predicted octanol–water partition coefficient (Wildman–Crippen LogP) is 5.46. The molecule has 5 nitrogen and oxygen atoms in total. The summed E-state index contributed by atoms with van der Waals surface area (Å²) < 4.78 is 38.5. The van der Waals surface area contributed by atoms with E-state index in [0.29, 0.717) is 5.02 Å². The lowest BCUT2D eigenvalue weighted by atomic mass is 10.1. The van der Waals surface area contributed by atoms with Crippen LogP contribution in [-0.2, 0) is 6.18 Å². The molecule has 0 unspecified atom stereocenters. The summed E-state index contributed by atoms with van der Waals surface area (Å²) in [5.41, 5.74) is -0.389. The number of rotatable bonds is 4. The van der Waals surface area contributed by atoms with E-state index < -0.39 is 17.8 Å². The highest BCUT2D eigenvalue weighted by Crippen LogP contribution is 2.31. The molecule has 0 saturated carbocycles. The maximum atomic E-state index is 12.8. The molecule has 1 aromatic heterocycles. The maximum Gasteiger partial charge on any atom is 0.433 e. The third kappa shape index (κ3) is 4.52. The normalized spacial score (nSPS) is 11.1. The number of nitrogens with one attached hydrogen (secondary N) is 2. The minimum absolute atomic E-state index is 0.107. The number of aromatic hydroxyl groups is 1. The van der Waals surface area contributed by atoms with Crippen LogP contribution in [0.4, 0.5) is 30.2 Å². The van der Waals surface area contributed by atoms with E-state index >= 15 is 0 Å². The van der Waals surface area contributed by atoms with Crippen molar-refractivity contribution in [3.63, 3.8) is 0 Å². The van der Waals surface area contributed by atoms with Gasteiger partial charge in [-0.05, 0) is 42.5 Å². The van der Waals surface area contributed by atoms with Crippen LogP contribution in [0.3, 0.4) is 0 Å². The lowest BCUT2D eigenvalue weighted by Crippen LogP contribution is -2.14. The van der Waals surface area contributed by atoms with E-state index in [2.05, 4.69) is 15.6 Å².